The standard InChI is InChI=1S/C3H7N5/c4-2-1-3(5)7-8-6-2/h1,6,8H,4H2,(H2,5,7). The summed E-state index contributed by atoms with van der Waals surface area (Å²) in [7, 11) is 0. The second-order valence-corrected chi connectivity index (χ2v) is 1.37. The number of amidine groups is 1. The molecule has 1 rings (SSSR count). The van der Waals surface area contributed by atoms with Crippen LogP contribution < -0.4 is 22.4 Å². The van der Waals surface area contributed by atoms with Crippen molar-refractivity contribution in [2.75, 3.05) is 0 Å². The van der Waals surface area contributed by atoms with Crippen LogP contribution in [0.15, 0.2) is 17.0 Å². The fourth-order valence-corrected chi connectivity index (χ4v) is 0.385. The van der Waals surface area contributed by atoms with Crippen molar-refractivity contribution >= 4 is 5.84 Å². The van der Waals surface area contributed by atoms with Gasteiger partial charge in [0.15, 0.2) is 0 Å². The lowest BCUT2D eigenvalue weighted by Crippen LogP contribution is -2.37. The van der Waals surface area contributed by atoms with Crippen molar-refractivity contribution < 1.29 is 0 Å². The maximum Gasteiger partial charge on any atom is 0.148 e. The summed E-state index contributed by atoms with van der Waals surface area (Å²) in [5.41, 5.74) is 15.4. The number of hydrogen-bond donors (Lipinski definition) is 4. The van der Waals surface area contributed by atoms with Crippen LogP contribution in [-0.2, 0) is 0 Å². The number of hydrazone groups is 1. The summed E-state index contributed by atoms with van der Waals surface area (Å²) in [4.78, 5) is 0. The average molecular weight is 113 g/mol. The van der Waals surface area contributed by atoms with Crippen LogP contribution >= 0.6 is 0 Å². The molecule has 0 saturated heterocycles. The molecular weight excluding hydrogens is 106 g/mol. The Kier molecular flexibility index (Phi) is 0.957. The van der Waals surface area contributed by atoms with Crippen LogP contribution in [-0.4, -0.2) is 5.84 Å². The van der Waals surface area contributed by atoms with Gasteiger partial charge in [-0.3, -0.25) is 5.43 Å². The molecule has 1 aliphatic heterocycles. The van der Waals surface area contributed by atoms with Crippen molar-refractivity contribution in [3.63, 3.8) is 0 Å². The maximum absolute atomic E-state index is 5.25. The largest absolute Gasteiger partial charge is 0.384 e. The lowest BCUT2D eigenvalue weighted by Gasteiger charge is -2.09. The zero-order valence-corrected chi connectivity index (χ0v) is 4.18. The van der Waals surface area contributed by atoms with Crippen molar-refractivity contribution in [2.45, 2.75) is 0 Å². The summed E-state index contributed by atoms with van der Waals surface area (Å²) in [6.07, 6.45) is 1.52. The highest BCUT2D eigenvalue weighted by Gasteiger charge is 1.94. The van der Waals surface area contributed by atoms with Crippen LogP contribution in [0.4, 0.5) is 0 Å². The molecule has 6 N–H and O–H groups in total. The zero-order chi connectivity index (χ0) is 5.98. The van der Waals surface area contributed by atoms with E-state index in [-0.39, 0.29) is 0 Å². The molecule has 0 aromatic heterocycles. The lowest BCUT2D eigenvalue weighted by atomic mass is 10.5. The number of nitrogens with two attached hydrogens (primary N) is 2. The quantitative estimate of drug-likeness (QED) is 0.297. The van der Waals surface area contributed by atoms with Crippen LogP contribution in [0.25, 0.3) is 0 Å². The minimum Gasteiger partial charge on any atom is -0.384 e. The summed E-state index contributed by atoms with van der Waals surface area (Å²) in [5, 5.41) is 3.56. The van der Waals surface area contributed by atoms with E-state index < -0.39 is 0 Å². The molecule has 1 heterocycles. The fourth-order valence-electron chi connectivity index (χ4n) is 0.385. The molecule has 5 nitrogen and oxygen atoms in total. The monoisotopic (exact) mass is 113 g/mol. The predicted molar refractivity (Wildman–Crippen MR) is 30.2 cm³/mol. The van der Waals surface area contributed by atoms with E-state index in [9.17, 15) is 0 Å². The lowest BCUT2D eigenvalue weighted by molar-refractivity contribution is 0.618. The van der Waals surface area contributed by atoms with Crippen LogP contribution in [0.3, 0.4) is 0 Å². The third-order valence-corrected chi connectivity index (χ3v) is 0.689. The minimum absolute atomic E-state index is 0.376. The van der Waals surface area contributed by atoms with Gasteiger partial charge in [0.2, 0.25) is 0 Å². The van der Waals surface area contributed by atoms with Crippen molar-refractivity contribution in [1.82, 2.24) is 11.0 Å². The molecule has 0 aliphatic carbocycles. The highest BCUT2D eigenvalue weighted by molar-refractivity contribution is 5.91. The van der Waals surface area contributed by atoms with Crippen LogP contribution in [0.2, 0.25) is 0 Å². The minimum atomic E-state index is 0.376. The molecular formula is C3H7N5. The van der Waals surface area contributed by atoms with Crippen molar-refractivity contribution in [3.8, 4) is 0 Å². The van der Waals surface area contributed by atoms with Gasteiger partial charge in [0.25, 0.3) is 0 Å². The Labute approximate surface area is 46.4 Å². The average Bonchev–Trinajstić information content (AvgIpc) is 1.64. The van der Waals surface area contributed by atoms with Gasteiger partial charge in [0.1, 0.15) is 11.7 Å². The van der Waals surface area contributed by atoms with E-state index in [0.717, 1.165) is 0 Å². The van der Waals surface area contributed by atoms with Gasteiger partial charge in [0.05, 0.1) is 0 Å². The number of hydrazine groups is 1. The fraction of sp³-hybridized carbons (Fsp3) is 0. The smallest absolute Gasteiger partial charge is 0.148 e. The third-order valence-electron chi connectivity index (χ3n) is 0.689. The molecule has 0 radical (unpaired) electrons. The van der Waals surface area contributed by atoms with E-state index >= 15 is 0 Å². The van der Waals surface area contributed by atoms with Crippen molar-refractivity contribution in [1.29, 1.82) is 0 Å². The number of hydrogen-bond acceptors (Lipinski definition) is 5. The van der Waals surface area contributed by atoms with Crippen LogP contribution in [0, 0.1) is 0 Å². The van der Waals surface area contributed by atoms with Gasteiger partial charge in [-0.2, -0.15) is 0 Å². The van der Waals surface area contributed by atoms with Gasteiger partial charge >= 0.3 is 0 Å². The van der Waals surface area contributed by atoms with E-state index in [1.807, 2.05) is 0 Å². The molecule has 44 valence electrons. The number of rotatable bonds is 0. The second-order valence-electron chi connectivity index (χ2n) is 1.37. The maximum atomic E-state index is 5.25. The first-order valence-corrected chi connectivity index (χ1v) is 2.10. The first kappa shape index (κ1) is 4.76. The van der Waals surface area contributed by atoms with Gasteiger partial charge in [-0.25, -0.2) is 5.53 Å². The Morgan fingerprint density at radius 3 is 2.62 bits per heavy atom. The van der Waals surface area contributed by atoms with Crippen LogP contribution in [0.1, 0.15) is 0 Å². The molecule has 0 aromatic rings. The first-order valence-electron chi connectivity index (χ1n) is 2.10. The Balaban J connectivity index is 2.69. The van der Waals surface area contributed by atoms with Gasteiger partial charge in [-0.15, -0.1) is 5.10 Å². The molecule has 0 amide bonds. The molecule has 0 bridgehead atoms. The molecule has 0 fully saturated rings. The molecule has 0 unspecified atom stereocenters. The Bertz CT molecular complexity index is 146. The Morgan fingerprint density at radius 1 is 1.50 bits per heavy atom. The van der Waals surface area contributed by atoms with Gasteiger partial charge < -0.3 is 11.5 Å². The summed E-state index contributed by atoms with van der Waals surface area (Å²) < 4.78 is 0. The van der Waals surface area contributed by atoms with E-state index in [2.05, 4.69) is 16.1 Å². The van der Waals surface area contributed by atoms with Crippen molar-refractivity contribution in [3.05, 3.63) is 11.9 Å². The zero-order valence-electron chi connectivity index (χ0n) is 4.18. The third kappa shape index (κ3) is 0.810. The van der Waals surface area contributed by atoms with Gasteiger partial charge in [-0.1, -0.05) is 0 Å². The van der Waals surface area contributed by atoms with E-state index in [0.29, 0.717) is 11.7 Å². The molecule has 0 saturated carbocycles. The molecule has 8 heavy (non-hydrogen) atoms. The predicted octanol–water partition coefficient (Wildman–Crippen LogP) is -1.83. The van der Waals surface area contributed by atoms with E-state index in [1.54, 1.807) is 0 Å². The number of nitrogens with zero attached hydrogens (tertiary/aromatic N) is 1. The number of nitrogens with one attached hydrogen (secondary N) is 2. The first-order chi connectivity index (χ1) is 3.79. The normalized spacial score (nSPS) is 17.5. The molecule has 0 aromatic carbocycles. The highest BCUT2D eigenvalue weighted by atomic mass is 15.6. The van der Waals surface area contributed by atoms with Gasteiger partial charge in [-0.05, 0) is 0 Å². The van der Waals surface area contributed by atoms with Crippen molar-refractivity contribution in [2.24, 2.45) is 16.6 Å². The summed E-state index contributed by atoms with van der Waals surface area (Å²) in [6.45, 7) is 0. The van der Waals surface area contributed by atoms with Gasteiger partial charge in [0, 0.05) is 6.08 Å². The molecule has 0 spiro atoms. The molecule has 1 aliphatic rings. The Morgan fingerprint density at radius 2 is 2.25 bits per heavy atom. The topological polar surface area (TPSA) is 88.5 Å². The summed E-state index contributed by atoms with van der Waals surface area (Å²) >= 11 is 0. The highest BCUT2D eigenvalue weighted by Crippen LogP contribution is 1.79. The Hall–Kier alpha value is -1.39. The van der Waals surface area contributed by atoms with E-state index in [1.165, 1.54) is 6.08 Å². The molecule has 5 heteroatoms. The molecule has 0 atom stereocenters. The summed E-state index contributed by atoms with van der Waals surface area (Å²) in [6, 6.07) is 0. The van der Waals surface area contributed by atoms with Crippen LogP contribution in [0.5, 0.6) is 0 Å². The summed E-state index contributed by atoms with van der Waals surface area (Å²) in [5.74, 6) is 0.846. The SMILES string of the molecule is NC1=CC(N)=NNN1. The second kappa shape index (κ2) is 1.61. The van der Waals surface area contributed by atoms with E-state index in [4.69, 9.17) is 11.5 Å².